The predicted octanol–water partition coefficient (Wildman–Crippen LogP) is 4.82. The van der Waals surface area contributed by atoms with Crippen LogP contribution in [0.5, 0.6) is 0 Å². The third-order valence-electron chi connectivity index (χ3n) is 4.36. The number of aryl methyl sites for hydroxylation is 2. The summed E-state index contributed by atoms with van der Waals surface area (Å²) in [6, 6.07) is 10.4. The summed E-state index contributed by atoms with van der Waals surface area (Å²) in [7, 11) is 0. The number of rotatable bonds is 3. The zero-order valence-corrected chi connectivity index (χ0v) is 14.7. The van der Waals surface area contributed by atoms with Crippen molar-refractivity contribution in [2.75, 3.05) is 0 Å². The van der Waals surface area contributed by atoms with Gasteiger partial charge in [0.05, 0.1) is 5.69 Å². The minimum Gasteiger partial charge on any atom is -0.412 e. The lowest BCUT2D eigenvalue weighted by Crippen LogP contribution is -1.93. The normalized spacial score (nSPS) is 11.6. The molecule has 0 bridgehead atoms. The van der Waals surface area contributed by atoms with Gasteiger partial charge in [0.15, 0.2) is 0 Å². The van der Waals surface area contributed by atoms with E-state index in [-0.39, 0.29) is 0 Å². The first-order valence-electron chi connectivity index (χ1n) is 8.34. The molecular weight excluding hydrogens is 312 g/mol. The van der Waals surface area contributed by atoms with Crippen LogP contribution in [0.15, 0.2) is 34.7 Å². The molecule has 125 valence electrons. The summed E-state index contributed by atoms with van der Waals surface area (Å²) in [4.78, 5) is 8.08. The van der Waals surface area contributed by atoms with Crippen molar-refractivity contribution >= 4 is 10.9 Å². The molecule has 0 aliphatic rings. The fourth-order valence-corrected chi connectivity index (χ4v) is 3.42. The van der Waals surface area contributed by atoms with Crippen molar-refractivity contribution in [1.29, 1.82) is 0 Å². The van der Waals surface area contributed by atoms with Gasteiger partial charge in [-0.3, -0.25) is 4.98 Å². The molecule has 0 aliphatic carbocycles. The van der Waals surface area contributed by atoms with E-state index in [0.717, 1.165) is 33.7 Å². The number of fused-ring (bicyclic) bond motifs is 1. The Hall–Kier alpha value is -2.95. The first-order valence-corrected chi connectivity index (χ1v) is 8.34. The Morgan fingerprint density at radius 2 is 1.80 bits per heavy atom. The van der Waals surface area contributed by atoms with Crippen LogP contribution in [0.3, 0.4) is 0 Å². The van der Waals surface area contributed by atoms with Gasteiger partial charge in [-0.2, -0.15) is 0 Å². The quantitative estimate of drug-likeness (QED) is 0.584. The van der Waals surface area contributed by atoms with Gasteiger partial charge in [-0.15, -0.1) is 10.2 Å². The highest BCUT2D eigenvalue weighted by molar-refractivity contribution is 5.93. The van der Waals surface area contributed by atoms with Gasteiger partial charge in [0.2, 0.25) is 5.89 Å². The predicted molar refractivity (Wildman–Crippen MR) is 97.2 cm³/mol. The number of hydrogen-bond donors (Lipinski definition) is 1. The standard InChI is InChI=1S/C20H19N4O/c1-11(2)18-16-9-14(20-24-21-10-25-20)5-6-17(16)23-19(18)15-7-12(3)22-13(4)8-15/h5-9,11,23H,1-4H3. The lowest BCUT2D eigenvalue weighted by Gasteiger charge is -2.10. The number of pyridine rings is 1. The van der Waals surface area contributed by atoms with Crippen LogP contribution in [-0.2, 0) is 0 Å². The van der Waals surface area contributed by atoms with E-state index in [4.69, 9.17) is 4.42 Å². The topological polar surface area (TPSA) is 67.6 Å². The van der Waals surface area contributed by atoms with Crippen LogP contribution in [-0.4, -0.2) is 20.2 Å². The fourth-order valence-electron chi connectivity index (χ4n) is 3.42. The molecule has 3 heterocycles. The second-order valence-electron chi connectivity index (χ2n) is 6.67. The van der Waals surface area contributed by atoms with Gasteiger partial charge in [-0.25, -0.2) is 0 Å². The molecule has 3 aromatic heterocycles. The lowest BCUT2D eigenvalue weighted by atomic mass is 9.95. The first-order chi connectivity index (χ1) is 12.0. The second kappa shape index (κ2) is 5.84. The Morgan fingerprint density at radius 1 is 1.04 bits per heavy atom. The van der Waals surface area contributed by atoms with Crippen molar-refractivity contribution in [3.8, 4) is 22.7 Å². The summed E-state index contributed by atoms with van der Waals surface area (Å²) in [5.41, 5.74) is 7.63. The van der Waals surface area contributed by atoms with E-state index in [2.05, 4.69) is 64.7 Å². The molecule has 5 heteroatoms. The summed E-state index contributed by atoms with van der Waals surface area (Å²) in [5.74, 6) is 0.844. The molecule has 0 saturated carbocycles. The maximum atomic E-state index is 5.23. The molecule has 5 nitrogen and oxygen atoms in total. The largest absolute Gasteiger partial charge is 0.412 e. The van der Waals surface area contributed by atoms with Gasteiger partial charge in [-0.05, 0) is 55.7 Å². The van der Waals surface area contributed by atoms with Crippen LogP contribution in [0.25, 0.3) is 33.6 Å². The third kappa shape index (κ3) is 2.71. The Balaban J connectivity index is 1.97. The summed E-state index contributed by atoms with van der Waals surface area (Å²) >= 11 is 0. The zero-order chi connectivity index (χ0) is 17.6. The van der Waals surface area contributed by atoms with E-state index >= 15 is 0 Å². The van der Waals surface area contributed by atoms with Gasteiger partial charge in [0.25, 0.3) is 0 Å². The Kier molecular flexibility index (Phi) is 3.64. The van der Waals surface area contributed by atoms with Crippen molar-refractivity contribution in [3.05, 3.63) is 53.7 Å². The summed E-state index contributed by atoms with van der Waals surface area (Å²) in [6.45, 7) is 8.47. The van der Waals surface area contributed by atoms with Crippen LogP contribution < -0.4 is 0 Å². The van der Waals surface area contributed by atoms with Crippen LogP contribution in [0, 0.1) is 20.2 Å². The van der Waals surface area contributed by atoms with E-state index in [1.54, 1.807) is 0 Å². The van der Waals surface area contributed by atoms with Gasteiger partial charge in [0.1, 0.15) is 0 Å². The molecule has 1 radical (unpaired) electrons. The molecule has 0 amide bonds. The monoisotopic (exact) mass is 331 g/mol. The highest BCUT2D eigenvalue weighted by Crippen LogP contribution is 2.37. The van der Waals surface area contributed by atoms with Crippen molar-refractivity contribution < 1.29 is 4.42 Å². The number of benzene rings is 1. The van der Waals surface area contributed by atoms with E-state index in [1.165, 1.54) is 10.9 Å². The fraction of sp³-hybridized carbons (Fsp3) is 0.250. The number of nitrogens with one attached hydrogen (secondary N) is 1. The molecule has 0 spiro atoms. The zero-order valence-electron chi connectivity index (χ0n) is 14.7. The Morgan fingerprint density at radius 3 is 2.44 bits per heavy atom. The van der Waals surface area contributed by atoms with Crippen molar-refractivity contribution in [2.24, 2.45) is 0 Å². The number of aromatic nitrogens is 4. The second-order valence-corrected chi connectivity index (χ2v) is 6.67. The maximum Gasteiger partial charge on any atom is 0.306 e. The van der Waals surface area contributed by atoms with Crippen LogP contribution in [0.4, 0.5) is 0 Å². The molecule has 0 atom stereocenters. The Labute approximate surface area is 146 Å². The lowest BCUT2D eigenvalue weighted by molar-refractivity contribution is 0.559. The highest BCUT2D eigenvalue weighted by Gasteiger charge is 2.18. The minimum absolute atomic E-state index is 0.363. The van der Waals surface area contributed by atoms with Crippen molar-refractivity contribution in [2.45, 2.75) is 33.6 Å². The van der Waals surface area contributed by atoms with Crippen molar-refractivity contribution in [3.63, 3.8) is 0 Å². The summed E-state index contributed by atoms with van der Waals surface area (Å²) in [6.07, 6.45) is 2.41. The SMILES string of the molecule is Cc1cc(-c2[nH]c3ccc(-c4nn[c]o4)cc3c2C(C)C)cc(C)n1. The summed E-state index contributed by atoms with van der Waals surface area (Å²) in [5, 5.41) is 8.79. The van der Waals surface area contributed by atoms with Gasteiger partial charge in [0, 0.05) is 33.4 Å². The molecule has 0 unspecified atom stereocenters. The molecular formula is C20H19N4O. The molecule has 0 fully saturated rings. The average Bonchev–Trinajstić information content (AvgIpc) is 3.20. The molecule has 1 N–H and O–H groups in total. The molecule has 4 aromatic rings. The molecule has 0 aliphatic heterocycles. The Bertz CT molecular complexity index is 1020. The van der Waals surface area contributed by atoms with E-state index in [9.17, 15) is 0 Å². The van der Waals surface area contributed by atoms with E-state index in [1.807, 2.05) is 19.9 Å². The highest BCUT2D eigenvalue weighted by atomic mass is 16.4. The van der Waals surface area contributed by atoms with Crippen molar-refractivity contribution in [1.82, 2.24) is 20.2 Å². The van der Waals surface area contributed by atoms with E-state index in [0.29, 0.717) is 11.8 Å². The van der Waals surface area contributed by atoms with Gasteiger partial charge in [-0.1, -0.05) is 13.8 Å². The number of H-pyrrole nitrogens is 1. The maximum absolute atomic E-state index is 5.23. The summed E-state index contributed by atoms with van der Waals surface area (Å²) < 4.78 is 5.23. The third-order valence-corrected chi connectivity index (χ3v) is 4.36. The minimum atomic E-state index is 0.363. The number of hydrogen-bond acceptors (Lipinski definition) is 4. The smallest absolute Gasteiger partial charge is 0.306 e. The van der Waals surface area contributed by atoms with Gasteiger partial charge < -0.3 is 9.40 Å². The first kappa shape index (κ1) is 15.6. The molecule has 4 rings (SSSR count). The average molecular weight is 331 g/mol. The van der Waals surface area contributed by atoms with Crippen LogP contribution >= 0.6 is 0 Å². The molecule has 25 heavy (non-hydrogen) atoms. The van der Waals surface area contributed by atoms with Crippen LogP contribution in [0.1, 0.15) is 36.7 Å². The van der Waals surface area contributed by atoms with Gasteiger partial charge >= 0.3 is 6.39 Å². The van der Waals surface area contributed by atoms with Crippen LogP contribution in [0.2, 0.25) is 0 Å². The molecule has 0 saturated heterocycles. The number of nitrogens with zero attached hydrogens (tertiary/aromatic N) is 3. The molecule has 1 aromatic carbocycles. The van der Waals surface area contributed by atoms with E-state index < -0.39 is 0 Å². The number of aromatic amines is 1.